The number of aliphatic hydroxyl groups is 2. The van der Waals surface area contributed by atoms with Gasteiger partial charge in [0.2, 0.25) is 5.91 Å². The molecule has 35 heavy (non-hydrogen) atoms. The van der Waals surface area contributed by atoms with Crippen molar-refractivity contribution in [2.45, 2.75) is 57.0 Å². The van der Waals surface area contributed by atoms with Gasteiger partial charge in [-0.3, -0.25) is 9.69 Å². The van der Waals surface area contributed by atoms with E-state index in [-0.39, 0.29) is 31.2 Å². The average molecular weight is 484 g/mol. The van der Waals surface area contributed by atoms with Gasteiger partial charge in [0.1, 0.15) is 24.1 Å². The molecule has 9 nitrogen and oxygen atoms in total. The Morgan fingerprint density at radius 2 is 1.77 bits per heavy atom. The van der Waals surface area contributed by atoms with Gasteiger partial charge >= 0.3 is 0 Å². The van der Waals surface area contributed by atoms with Crippen molar-refractivity contribution in [2.24, 2.45) is 0 Å². The number of hydrogen-bond acceptors (Lipinski definition) is 7. The number of benzene rings is 2. The highest BCUT2D eigenvalue weighted by Crippen LogP contribution is 2.25. The predicted molar refractivity (Wildman–Crippen MR) is 125 cm³/mol. The molecule has 1 fully saturated rings. The highest BCUT2D eigenvalue weighted by atomic mass is 19.1. The third-order valence-corrected chi connectivity index (χ3v) is 5.93. The van der Waals surface area contributed by atoms with E-state index in [0.29, 0.717) is 6.54 Å². The van der Waals surface area contributed by atoms with Gasteiger partial charge in [-0.1, -0.05) is 47.7 Å². The topological polar surface area (TPSA) is 113 Å². The molecule has 1 saturated heterocycles. The molecule has 4 rings (SSSR count). The van der Waals surface area contributed by atoms with Crippen LogP contribution in [0.25, 0.3) is 0 Å². The van der Waals surface area contributed by atoms with Crippen molar-refractivity contribution in [3.05, 3.63) is 83.4 Å². The molecule has 3 N–H and O–H groups in total. The quantitative estimate of drug-likeness (QED) is 0.398. The highest BCUT2D eigenvalue weighted by Gasteiger charge is 2.43. The second-order valence-corrected chi connectivity index (χ2v) is 8.89. The molecular formula is C25H30FN5O4. The van der Waals surface area contributed by atoms with Crippen LogP contribution in [0.5, 0.6) is 0 Å². The fraction of sp³-hybridized carbons (Fsp3) is 0.400. The van der Waals surface area contributed by atoms with Crippen LogP contribution in [-0.2, 0) is 35.7 Å². The van der Waals surface area contributed by atoms with E-state index in [1.807, 2.05) is 25.2 Å². The van der Waals surface area contributed by atoms with Gasteiger partial charge in [-0.2, -0.15) is 0 Å². The van der Waals surface area contributed by atoms with Gasteiger partial charge in [0.05, 0.1) is 24.8 Å². The molecule has 1 aliphatic heterocycles. The van der Waals surface area contributed by atoms with E-state index in [4.69, 9.17) is 4.74 Å². The first-order valence-corrected chi connectivity index (χ1v) is 11.5. The summed E-state index contributed by atoms with van der Waals surface area (Å²) in [6.07, 6.45) is -2.25. The maximum atomic E-state index is 13.0. The monoisotopic (exact) mass is 483 g/mol. The maximum absolute atomic E-state index is 13.0. The second-order valence-electron chi connectivity index (χ2n) is 8.89. The van der Waals surface area contributed by atoms with E-state index < -0.39 is 24.4 Å². The van der Waals surface area contributed by atoms with Crippen LogP contribution in [0.2, 0.25) is 0 Å². The molecule has 0 spiro atoms. The number of ether oxygens (including phenoxy) is 1. The van der Waals surface area contributed by atoms with Gasteiger partial charge < -0.3 is 20.3 Å². The average Bonchev–Trinajstić information content (AvgIpc) is 3.38. The first-order valence-electron chi connectivity index (χ1n) is 11.5. The number of nitrogens with one attached hydrogen (secondary N) is 1. The number of amides is 1. The van der Waals surface area contributed by atoms with Gasteiger partial charge in [0, 0.05) is 25.8 Å². The third-order valence-electron chi connectivity index (χ3n) is 5.93. The molecule has 1 aromatic heterocycles. The van der Waals surface area contributed by atoms with E-state index in [1.54, 1.807) is 23.0 Å². The van der Waals surface area contributed by atoms with Gasteiger partial charge in [-0.05, 0) is 30.3 Å². The minimum atomic E-state index is -1.20. The van der Waals surface area contributed by atoms with Crippen molar-refractivity contribution < 1.29 is 24.1 Å². The minimum Gasteiger partial charge on any atom is -0.388 e. The third kappa shape index (κ3) is 6.92. The molecule has 0 radical (unpaired) electrons. The van der Waals surface area contributed by atoms with Crippen LogP contribution >= 0.6 is 0 Å². The minimum absolute atomic E-state index is 0.108. The summed E-state index contributed by atoms with van der Waals surface area (Å²) in [6, 6.07) is 15.9. The van der Waals surface area contributed by atoms with Crippen molar-refractivity contribution in [2.75, 3.05) is 7.05 Å². The summed E-state index contributed by atoms with van der Waals surface area (Å²) in [7, 11) is 2.00. The molecule has 1 amide bonds. The molecule has 0 bridgehead atoms. The molecule has 0 saturated carbocycles. The lowest BCUT2D eigenvalue weighted by Gasteiger charge is -2.15. The van der Waals surface area contributed by atoms with E-state index in [2.05, 4.69) is 32.7 Å². The number of carbonyl (C=O) groups is 1. The maximum Gasteiger partial charge on any atom is 0.222 e. The Morgan fingerprint density at radius 3 is 2.51 bits per heavy atom. The first kappa shape index (κ1) is 24.9. The predicted octanol–water partition coefficient (Wildman–Crippen LogP) is 1.24. The zero-order valence-corrected chi connectivity index (χ0v) is 19.5. The van der Waals surface area contributed by atoms with Crippen molar-refractivity contribution >= 4 is 5.91 Å². The Labute approximate surface area is 203 Å². The number of rotatable bonds is 10. The van der Waals surface area contributed by atoms with E-state index >= 15 is 0 Å². The molecule has 3 aromatic rings. The largest absolute Gasteiger partial charge is 0.388 e. The summed E-state index contributed by atoms with van der Waals surface area (Å²) in [5.74, 6) is -0.683. The van der Waals surface area contributed by atoms with Crippen molar-refractivity contribution in [1.82, 2.24) is 25.2 Å². The van der Waals surface area contributed by atoms with E-state index in [1.165, 1.54) is 17.7 Å². The lowest BCUT2D eigenvalue weighted by Crippen LogP contribution is -2.36. The number of halogens is 1. The van der Waals surface area contributed by atoms with E-state index in [0.717, 1.165) is 17.8 Å². The number of aromatic nitrogens is 3. The molecule has 0 unspecified atom stereocenters. The Bertz CT molecular complexity index is 1090. The molecule has 2 aromatic carbocycles. The first-order chi connectivity index (χ1) is 16.9. The number of carbonyl (C=O) groups excluding carboxylic acids is 1. The fourth-order valence-corrected chi connectivity index (χ4v) is 4.12. The smallest absolute Gasteiger partial charge is 0.222 e. The zero-order valence-electron chi connectivity index (χ0n) is 19.5. The van der Waals surface area contributed by atoms with Crippen LogP contribution in [0.4, 0.5) is 4.39 Å². The summed E-state index contributed by atoms with van der Waals surface area (Å²) >= 11 is 0. The lowest BCUT2D eigenvalue weighted by molar-refractivity contribution is -0.125. The number of hydrogen-bond donors (Lipinski definition) is 3. The van der Waals surface area contributed by atoms with Crippen LogP contribution in [0.15, 0.2) is 60.8 Å². The SMILES string of the molecule is CN(Cc1ccccc1)Cc1cn(C[C@@H]2O[C@@H](CC(=O)NCc3ccc(F)cc3)[C@H](O)[C@@H]2O)nn1. The fourth-order valence-electron chi connectivity index (χ4n) is 4.12. The summed E-state index contributed by atoms with van der Waals surface area (Å²) in [6.45, 7) is 1.80. The van der Waals surface area contributed by atoms with Crippen LogP contribution in [0.3, 0.4) is 0 Å². The molecule has 186 valence electrons. The van der Waals surface area contributed by atoms with Gasteiger partial charge in [0.15, 0.2) is 0 Å². The van der Waals surface area contributed by atoms with Crippen LogP contribution in [0, 0.1) is 5.82 Å². The lowest BCUT2D eigenvalue weighted by atomic mass is 10.1. The Morgan fingerprint density at radius 1 is 1.06 bits per heavy atom. The normalized spacial score (nSPS) is 22.0. The molecule has 1 aliphatic rings. The Kier molecular flexibility index (Phi) is 8.19. The molecule has 4 atom stereocenters. The van der Waals surface area contributed by atoms with Gasteiger partial charge in [-0.15, -0.1) is 5.10 Å². The van der Waals surface area contributed by atoms with Crippen molar-refractivity contribution in [1.29, 1.82) is 0 Å². The molecular weight excluding hydrogens is 453 g/mol. The summed E-state index contributed by atoms with van der Waals surface area (Å²) in [4.78, 5) is 14.4. The Hall–Kier alpha value is -3.18. The highest BCUT2D eigenvalue weighted by molar-refractivity contribution is 5.76. The summed E-state index contributed by atoms with van der Waals surface area (Å²) in [5, 5.41) is 31.9. The number of nitrogens with zero attached hydrogens (tertiary/aromatic N) is 4. The van der Waals surface area contributed by atoms with Crippen LogP contribution in [-0.4, -0.2) is 67.5 Å². The number of aliphatic hydroxyl groups excluding tert-OH is 2. The second kappa shape index (κ2) is 11.5. The standard InChI is InChI=1S/C25H30FN5O4/c1-30(13-18-5-3-2-4-6-18)14-20-15-31(29-28-20)16-22-25(34)24(33)21(35-22)11-23(32)27-12-17-7-9-19(26)10-8-17/h2-10,15,21-22,24-25,33-34H,11-14,16H2,1H3,(H,27,32)/t21-,22-,24-,25+/m0/s1. The van der Waals surface area contributed by atoms with Crippen LogP contribution in [0.1, 0.15) is 23.2 Å². The van der Waals surface area contributed by atoms with E-state index in [9.17, 15) is 19.4 Å². The molecule has 10 heteroatoms. The van der Waals surface area contributed by atoms with Gasteiger partial charge in [0.25, 0.3) is 0 Å². The van der Waals surface area contributed by atoms with Crippen molar-refractivity contribution in [3.63, 3.8) is 0 Å². The molecule has 0 aliphatic carbocycles. The zero-order chi connectivity index (χ0) is 24.8. The summed E-state index contributed by atoms with van der Waals surface area (Å²) in [5.41, 5.74) is 2.72. The Balaban J connectivity index is 1.25. The van der Waals surface area contributed by atoms with Gasteiger partial charge in [-0.25, -0.2) is 9.07 Å². The summed E-state index contributed by atoms with van der Waals surface area (Å²) < 4.78 is 20.4. The van der Waals surface area contributed by atoms with Crippen molar-refractivity contribution in [3.8, 4) is 0 Å². The van der Waals surface area contributed by atoms with Crippen LogP contribution < -0.4 is 5.32 Å². The molecule has 2 heterocycles.